The van der Waals surface area contributed by atoms with Crippen LogP contribution in [-0.4, -0.2) is 35.3 Å². The second-order valence-electron chi connectivity index (χ2n) is 7.50. The van der Waals surface area contributed by atoms with Crippen molar-refractivity contribution in [3.05, 3.63) is 106 Å². The molecule has 0 aliphatic carbocycles. The van der Waals surface area contributed by atoms with Crippen LogP contribution in [0.4, 0.5) is 5.69 Å². The summed E-state index contributed by atoms with van der Waals surface area (Å²) in [6.45, 7) is 0.168. The van der Waals surface area contributed by atoms with E-state index in [4.69, 9.17) is 0 Å². The summed E-state index contributed by atoms with van der Waals surface area (Å²) in [4.78, 5) is 10.4. The molecule has 160 valence electrons. The molecule has 3 aromatic carbocycles. The zero-order chi connectivity index (χ0) is 22.1. The highest BCUT2D eigenvalue weighted by Crippen LogP contribution is 2.43. The molecule has 0 radical (unpaired) electrons. The molecule has 1 aliphatic heterocycles. The molecule has 1 heterocycles. The van der Waals surface area contributed by atoms with Gasteiger partial charge in [-0.15, -0.1) is 0 Å². The average molecular weight is 439 g/mol. The number of aliphatic hydroxyl groups is 1. The normalized spacial score (nSPS) is 17.5. The molecule has 4 rings (SSSR count). The number of sulfonamides is 1. The first-order valence-corrected chi connectivity index (χ1v) is 11.4. The lowest BCUT2D eigenvalue weighted by molar-refractivity contribution is -0.387. The van der Waals surface area contributed by atoms with Gasteiger partial charge in [-0.2, -0.15) is 4.31 Å². The molecule has 31 heavy (non-hydrogen) atoms. The van der Waals surface area contributed by atoms with Gasteiger partial charge in [0.1, 0.15) is 5.60 Å². The van der Waals surface area contributed by atoms with Crippen molar-refractivity contribution in [1.82, 2.24) is 4.31 Å². The Kier molecular flexibility index (Phi) is 5.62. The second kappa shape index (κ2) is 8.22. The minimum atomic E-state index is -4.23. The first-order valence-electron chi connectivity index (χ1n) is 9.95. The number of nitro benzene ring substituents is 1. The van der Waals surface area contributed by atoms with E-state index in [2.05, 4.69) is 0 Å². The molecule has 0 bridgehead atoms. The van der Waals surface area contributed by atoms with Crippen molar-refractivity contribution in [1.29, 1.82) is 0 Å². The van der Waals surface area contributed by atoms with E-state index in [0.29, 0.717) is 24.0 Å². The molecule has 8 heteroatoms. The molecule has 1 saturated heterocycles. The van der Waals surface area contributed by atoms with Crippen molar-refractivity contribution in [2.24, 2.45) is 0 Å². The van der Waals surface area contributed by atoms with Crippen LogP contribution in [0, 0.1) is 10.1 Å². The quantitative estimate of drug-likeness (QED) is 0.467. The molecule has 7 nitrogen and oxygen atoms in total. The van der Waals surface area contributed by atoms with Gasteiger partial charge in [0.15, 0.2) is 4.90 Å². The third-order valence-corrected chi connectivity index (χ3v) is 7.72. The van der Waals surface area contributed by atoms with Crippen molar-refractivity contribution in [3.63, 3.8) is 0 Å². The number of para-hydroxylation sites is 1. The standard InChI is InChI=1S/C23H22N2O5S/c26-23(18-10-3-1-4-11-18,19-12-5-2-6-13-19)22-16-9-17-24(22)31(29,30)21-15-8-7-14-20(21)25(27)28/h1-8,10-15,22,26H,9,16-17H2/t22-/m0/s1. The van der Waals surface area contributed by atoms with Crippen molar-refractivity contribution in [2.75, 3.05) is 6.54 Å². The van der Waals surface area contributed by atoms with Crippen LogP contribution in [0.3, 0.4) is 0 Å². The maximum atomic E-state index is 13.6. The van der Waals surface area contributed by atoms with E-state index in [1.54, 1.807) is 48.5 Å². The predicted molar refractivity (Wildman–Crippen MR) is 116 cm³/mol. The smallest absolute Gasteiger partial charge is 0.289 e. The Morgan fingerprint density at radius 2 is 1.42 bits per heavy atom. The molecule has 0 spiro atoms. The van der Waals surface area contributed by atoms with Crippen LogP contribution >= 0.6 is 0 Å². The Morgan fingerprint density at radius 1 is 0.903 bits per heavy atom. The van der Waals surface area contributed by atoms with Gasteiger partial charge in [-0.25, -0.2) is 8.42 Å². The van der Waals surface area contributed by atoms with Crippen LogP contribution in [0.2, 0.25) is 0 Å². The van der Waals surface area contributed by atoms with Gasteiger partial charge in [0, 0.05) is 12.6 Å². The van der Waals surface area contributed by atoms with Crippen molar-refractivity contribution in [3.8, 4) is 0 Å². The van der Waals surface area contributed by atoms with E-state index in [1.807, 2.05) is 12.1 Å². The van der Waals surface area contributed by atoms with Crippen LogP contribution in [0.1, 0.15) is 24.0 Å². The van der Waals surface area contributed by atoms with E-state index in [-0.39, 0.29) is 11.4 Å². The molecule has 1 fully saturated rings. The van der Waals surface area contributed by atoms with Crippen molar-refractivity contribution in [2.45, 2.75) is 29.4 Å². The zero-order valence-electron chi connectivity index (χ0n) is 16.7. The van der Waals surface area contributed by atoms with Crippen molar-refractivity contribution < 1.29 is 18.4 Å². The Hall–Kier alpha value is -3.07. The number of rotatable bonds is 6. The summed E-state index contributed by atoms with van der Waals surface area (Å²) in [5, 5.41) is 23.6. The first kappa shape index (κ1) is 21.2. The second-order valence-corrected chi connectivity index (χ2v) is 9.36. The van der Waals surface area contributed by atoms with Crippen LogP contribution < -0.4 is 0 Å². The number of hydrogen-bond acceptors (Lipinski definition) is 5. The maximum absolute atomic E-state index is 13.6. The van der Waals surface area contributed by atoms with Gasteiger partial charge in [0.25, 0.3) is 5.69 Å². The lowest BCUT2D eigenvalue weighted by Crippen LogP contribution is -2.50. The van der Waals surface area contributed by atoms with Gasteiger partial charge in [-0.3, -0.25) is 10.1 Å². The van der Waals surface area contributed by atoms with Crippen LogP contribution in [0.25, 0.3) is 0 Å². The fourth-order valence-electron chi connectivity index (χ4n) is 4.33. The highest BCUT2D eigenvalue weighted by Gasteiger charge is 2.50. The third kappa shape index (κ3) is 3.63. The zero-order valence-corrected chi connectivity index (χ0v) is 17.5. The van der Waals surface area contributed by atoms with Gasteiger partial charge >= 0.3 is 0 Å². The van der Waals surface area contributed by atoms with Gasteiger partial charge in [-0.05, 0) is 30.0 Å². The van der Waals surface area contributed by atoms with Crippen LogP contribution in [0.5, 0.6) is 0 Å². The van der Waals surface area contributed by atoms with Gasteiger partial charge < -0.3 is 5.11 Å². The minimum absolute atomic E-state index is 0.168. The molecule has 3 aromatic rings. The summed E-state index contributed by atoms with van der Waals surface area (Å²) in [6, 6.07) is 22.4. The number of nitrogens with zero attached hydrogens (tertiary/aromatic N) is 2. The molecular formula is C23H22N2O5S. The SMILES string of the molecule is O=[N+]([O-])c1ccccc1S(=O)(=O)N1CCC[C@H]1C(O)(c1ccccc1)c1ccccc1. The fourth-order valence-corrected chi connectivity index (χ4v) is 6.21. The highest BCUT2D eigenvalue weighted by molar-refractivity contribution is 7.89. The fraction of sp³-hybridized carbons (Fsp3) is 0.217. The lowest BCUT2D eigenvalue weighted by atomic mass is 9.79. The van der Waals surface area contributed by atoms with Crippen LogP contribution in [0.15, 0.2) is 89.8 Å². The van der Waals surface area contributed by atoms with E-state index in [0.717, 1.165) is 0 Å². The average Bonchev–Trinajstić information content (AvgIpc) is 3.31. The van der Waals surface area contributed by atoms with Gasteiger partial charge in [0.2, 0.25) is 10.0 Å². The van der Waals surface area contributed by atoms with Gasteiger partial charge in [-0.1, -0.05) is 72.8 Å². The largest absolute Gasteiger partial charge is 0.379 e. The Balaban J connectivity index is 1.87. The summed E-state index contributed by atoms with van der Waals surface area (Å²) < 4.78 is 28.4. The summed E-state index contributed by atoms with van der Waals surface area (Å²) in [5.41, 5.74) is -0.960. The number of benzene rings is 3. The lowest BCUT2D eigenvalue weighted by Gasteiger charge is -2.39. The summed E-state index contributed by atoms with van der Waals surface area (Å²) in [6.07, 6.45) is 0.951. The molecule has 1 N–H and O–H groups in total. The molecule has 1 aliphatic rings. The Morgan fingerprint density at radius 3 is 1.97 bits per heavy atom. The maximum Gasteiger partial charge on any atom is 0.289 e. The Bertz CT molecular complexity index is 1140. The van der Waals surface area contributed by atoms with Crippen LogP contribution in [-0.2, 0) is 15.6 Å². The minimum Gasteiger partial charge on any atom is -0.379 e. The van der Waals surface area contributed by atoms with E-state index in [9.17, 15) is 23.6 Å². The van der Waals surface area contributed by atoms with E-state index < -0.39 is 32.3 Å². The summed E-state index contributed by atoms with van der Waals surface area (Å²) in [5.74, 6) is 0. The number of nitro groups is 1. The highest BCUT2D eigenvalue weighted by atomic mass is 32.2. The molecule has 0 aromatic heterocycles. The summed E-state index contributed by atoms with van der Waals surface area (Å²) in [7, 11) is -4.23. The Labute approximate surface area is 180 Å². The molecule has 0 unspecified atom stereocenters. The van der Waals surface area contributed by atoms with Gasteiger partial charge in [0.05, 0.1) is 11.0 Å². The number of hydrogen-bond donors (Lipinski definition) is 1. The van der Waals surface area contributed by atoms with Crippen molar-refractivity contribution >= 4 is 15.7 Å². The predicted octanol–water partition coefficient (Wildman–Crippen LogP) is 3.68. The third-order valence-electron chi connectivity index (χ3n) is 5.76. The molecule has 1 atom stereocenters. The molecule has 0 amide bonds. The molecule has 0 saturated carbocycles. The van der Waals surface area contributed by atoms with E-state index in [1.165, 1.54) is 28.6 Å². The monoisotopic (exact) mass is 438 g/mol. The van der Waals surface area contributed by atoms with E-state index >= 15 is 0 Å². The first-order chi connectivity index (χ1) is 14.9. The topological polar surface area (TPSA) is 101 Å². The summed E-state index contributed by atoms with van der Waals surface area (Å²) >= 11 is 0. The molecular weight excluding hydrogens is 416 g/mol.